The quantitative estimate of drug-likeness (QED) is 0.452. The first kappa shape index (κ1) is 21.7. The van der Waals surface area contributed by atoms with E-state index in [1.807, 2.05) is 6.07 Å². The zero-order valence-corrected chi connectivity index (χ0v) is 18.7. The van der Waals surface area contributed by atoms with Crippen LogP contribution in [0.25, 0.3) is 11.3 Å². The average molecular weight is 465 g/mol. The Morgan fingerprint density at radius 1 is 1.12 bits per heavy atom. The number of methoxy groups -OCH3 is 2. The number of nitro groups is 1. The topological polar surface area (TPSA) is 133 Å². The fraction of sp³-hybridized carbons (Fsp3) is 0.348. The molecule has 0 spiro atoms. The zero-order chi connectivity index (χ0) is 24.0. The number of pyridine rings is 1. The van der Waals surface area contributed by atoms with Crippen LogP contribution in [0.2, 0.25) is 0 Å². The lowest BCUT2D eigenvalue weighted by Gasteiger charge is -2.42. The second-order valence-electron chi connectivity index (χ2n) is 8.56. The van der Waals surface area contributed by atoms with Crippen LogP contribution in [-0.4, -0.2) is 57.8 Å². The lowest BCUT2D eigenvalue weighted by atomic mass is 9.83. The third kappa shape index (κ3) is 3.58. The summed E-state index contributed by atoms with van der Waals surface area (Å²) >= 11 is 0. The molecule has 2 aliphatic heterocycles. The molecule has 4 heterocycles. The lowest BCUT2D eigenvalue weighted by molar-refractivity contribution is -0.386. The largest absolute Gasteiger partial charge is 0.493 e. The minimum atomic E-state index is -0.649. The smallest absolute Gasteiger partial charge is 0.334 e. The van der Waals surface area contributed by atoms with Crippen molar-refractivity contribution in [2.24, 2.45) is 5.92 Å². The predicted octanol–water partition coefficient (Wildman–Crippen LogP) is 2.42. The van der Waals surface area contributed by atoms with E-state index in [0.717, 1.165) is 17.7 Å². The third-order valence-electron chi connectivity index (χ3n) is 6.56. The molecule has 1 aromatic carbocycles. The molecule has 34 heavy (non-hydrogen) atoms. The number of carbonyl (C=O) groups is 1. The number of likely N-dealkylation sites (tertiary alicyclic amines) is 1. The van der Waals surface area contributed by atoms with Gasteiger partial charge in [-0.1, -0.05) is 0 Å². The summed E-state index contributed by atoms with van der Waals surface area (Å²) in [6.07, 6.45) is 0.834. The highest BCUT2D eigenvalue weighted by Crippen LogP contribution is 2.36. The van der Waals surface area contributed by atoms with Gasteiger partial charge in [0.1, 0.15) is 5.69 Å². The highest BCUT2D eigenvalue weighted by molar-refractivity contribution is 5.93. The highest BCUT2D eigenvalue weighted by Gasteiger charge is 2.38. The minimum Gasteiger partial charge on any atom is -0.493 e. The molecule has 0 radical (unpaired) electrons. The van der Waals surface area contributed by atoms with E-state index in [1.165, 1.54) is 10.6 Å². The van der Waals surface area contributed by atoms with Gasteiger partial charge in [-0.05, 0) is 42.7 Å². The number of hydrogen-bond acceptors (Lipinski definition) is 7. The van der Waals surface area contributed by atoms with Crippen molar-refractivity contribution in [2.45, 2.75) is 18.9 Å². The molecular formula is C23H23N5O6. The van der Waals surface area contributed by atoms with E-state index in [4.69, 9.17) is 9.47 Å². The standard InChI is InChI=1S/C23H23N5O6/c1-33-20-6-3-14(8-21(20)34-2)16-9-17(25-24-16)22(29)26-10-13-7-15(12-26)18-4-5-19(28(31)32)23(30)27(18)11-13/h3-6,8-9,13,15H,7,10-12H2,1-2H3,(H,24,25). The highest BCUT2D eigenvalue weighted by atomic mass is 16.6. The maximum absolute atomic E-state index is 13.3. The van der Waals surface area contributed by atoms with Crippen LogP contribution in [0.4, 0.5) is 5.69 Å². The van der Waals surface area contributed by atoms with E-state index in [2.05, 4.69) is 10.2 Å². The van der Waals surface area contributed by atoms with Gasteiger partial charge in [0, 0.05) is 42.9 Å². The zero-order valence-electron chi connectivity index (χ0n) is 18.7. The van der Waals surface area contributed by atoms with E-state index in [1.54, 1.807) is 43.4 Å². The fourth-order valence-electron chi connectivity index (χ4n) is 4.98. The maximum Gasteiger partial charge on any atom is 0.334 e. The van der Waals surface area contributed by atoms with Gasteiger partial charge >= 0.3 is 11.2 Å². The molecule has 0 saturated carbocycles. The number of nitrogens with one attached hydrogen (secondary N) is 1. The van der Waals surface area contributed by atoms with Crippen molar-refractivity contribution in [1.29, 1.82) is 0 Å². The van der Waals surface area contributed by atoms with Gasteiger partial charge in [-0.3, -0.25) is 24.8 Å². The van der Waals surface area contributed by atoms with Crippen LogP contribution in [0, 0.1) is 16.0 Å². The Hall–Kier alpha value is -4.15. The number of nitrogens with zero attached hydrogens (tertiary/aromatic N) is 4. The molecule has 5 rings (SSSR count). The number of rotatable bonds is 5. The number of aromatic nitrogens is 3. The number of aromatic amines is 1. The Morgan fingerprint density at radius 3 is 2.65 bits per heavy atom. The molecule has 2 aliphatic rings. The number of benzene rings is 1. The van der Waals surface area contributed by atoms with Gasteiger partial charge in [-0.25, -0.2) is 0 Å². The third-order valence-corrected chi connectivity index (χ3v) is 6.56. The number of hydrogen-bond donors (Lipinski definition) is 1. The summed E-state index contributed by atoms with van der Waals surface area (Å²) in [4.78, 5) is 38.1. The molecule has 11 nitrogen and oxygen atoms in total. The second kappa shape index (κ2) is 8.32. The van der Waals surface area contributed by atoms with Gasteiger partial charge in [0.25, 0.3) is 5.91 Å². The van der Waals surface area contributed by atoms with Gasteiger partial charge < -0.3 is 18.9 Å². The Labute approximate surface area is 194 Å². The SMILES string of the molecule is COc1ccc(-c2cc(C(=O)N3CC4CC(C3)c3ccc([N+](=O)[O-])c(=O)n3C4)[nH]n2)cc1OC. The molecule has 176 valence electrons. The summed E-state index contributed by atoms with van der Waals surface area (Å²) in [5.41, 5.74) is 1.48. The van der Waals surface area contributed by atoms with Crippen molar-refractivity contribution in [3.8, 4) is 22.8 Å². The second-order valence-corrected chi connectivity index (χ2v) is 8.56. The minimum absolute atomic E-state index is 0.0446. The molecule has 2 atom stereocenters. The van der Waals surface area contributed by atoms with E-state index in [9.17, 15) is 19.7 Å². The van der Waals surface area contributed by atoms with Gasteiger partial charge in [-0.15, -0.1) is 0 Å². The fourth-order valence-corrected chi connectivity index (χ4v) is 4.98. The van der Waals surface area contributed by atoms with E-state index < -0.39 is 16.2 Å². The van der Waals surface area contributed by atoms with Gasteiger partial charge in [0.15, 0.2) is 11.5 Å². The van der Waals surface area contributed by atoms with Crippen molar-refractivity contribution >= 4 is 11.6 Å². The van der Waals surface area contributed by atoms with E-state index in [-0.39, 0.29) is 17.7 Å². The van der Waals surface area contributed by atoms with Crippen LogP contribution in [0.3, 0.4) is 0 Å². The Balaban J connectivity index is 1.38. The lowest BCUT2D eigenvalue weighted by Crippen LogP contribution is -2.49. The Bertz CT molecular complexity index is 1350. The monoisotopic (exact) mass is 465 g/mol. The average Bonchev–Trinajstić information content (AvgIpc) is 3.33. The summed E-state index contributed by atoms with van der Waals surface area (Å²) in [6, 6.07) is 10.0. The first-order chi connectivity index (χ1) is 16.4. The number of carbonyl (C=O) groups excluding carboxylic acids is 1. The van der Waals surface area contributed by atoms with Gasteiger partial charge in [0.2, 0.25) is 0 Å². The van der Waals surface area contributed by atoms with Crippen LogP contribution in [-0.2, 0) is 6.54 Å². The van der Waals surface area contributed by atoms with Crippen molar-refractivity contribution < 1.29 is 19.2 Å². The van der Waals surface area contributed by atoms with Crippen LogP contribution in [0.5, 0.6) is 11.5 Å². The summed E-state index contributed by atoms with van der Waals surface area (Å²) in [6.45, 7) is 1.25. The molecule has 1 saturated heterocycles. The van der Waals surface area contributed by atoms with E-state index in [0.29, 0.717) is 42.5 Å². The van der Waals surface area contributed by atoms with Crippen molar-refractivity contribution in [3.05, 3.63) is 68.3 Å². The number of H-pyrrole nitrogens is 1. The molecular weight excluding hydrogens is 442 g/mol. The van der Waals surface area contributed by atoms with Gasteiger partial charge in [0.05, 0.1) is 24.8 Å². The van der Waals surface area contributed by atoms with Crippen LogP contribution in [0.1, 0.15) is 28.5 Å². The molecule has 1 fully saturated rings. The van der Waals surface area contributed by atoms with Crippen LogP contribution < -0.4 is 15.0 Å². The summed E-state index contributed by atoms with van der Waals surface area (Å²) in [7, 11) is 3.12. The summed E-state index contributed by atoms with van der Waals surface area (Å²) < 4.78 is 12.1. The van der Waals surface area contributed by atoms with Crippen molar-refractivity contribution in [1.82, 2.24) is 19.7 Å². The molecule has 2 bridgehead atoms. The summed E-state index contributed by atoms with van der Waals surface area (Å²) in [5, 5.41) is 18.3. The maximum atomic E-state index is 13.3. The van der Waals surface area contributed by atoms with Crippen LogP contribution >= 0.6 is 0 Å². The molecule has 0 aliphatic carbocycles. The van der Waals surface area contributed by atoms with Gasteiger partial charge in [-0.2, -0.15) is 5.10 Å². The molecule has 1 amide bonds. The predicted molar refractivity (Wildman–Crippen MR) is 121 cm³/mol. The summed E-state index contributed by atoms with van der Waals surface area (Å²) in [5.74, 6) is 0.976. The normalized spacial score (nSPS) is 18.8. The Morgan fingerprint density at radius 2 is 1.91 bits per heavy atom. The molecule has 2 aromatic heterocycles. The van der Waals surface area contributed by atoms with Crippen LogP contribution in [0.15, 0.2) is 41.2 Å². The van der Waals surface area contributed by atoms with Crippen molar-refractivity contribution in [2.75, 3.05) is 27.3 Å². The number of fused-ring (bicyclic) bond motifs is 4. The molecule has 2 unspecified atom stereocenters. The Kier molecular flexibility index (Phi) is 5.31. The van der Waals surface area contributed by atoms with E-state index >= 15 is 0 Å². The van der Waals surface area contributed by atoms with Crippen molar-refractivity contribution in [3.63, 3.8) is 0 Å². The molecule has 3 aromatic rings. The molecule has 11 heteroatoms. The first-order valence-electron chi connectivity index (χ1n) is 10.8. The number of amides is 1. The molecule has 1 N–H and O–H groups in total. The first-order valence-corrected chi connectivity index (χ1v) is 10.8. The number of piperidine rings is 1. The number of ether oxygens (including phenoxy) is 2.